The third kappa shape index (κ3) is 5.17. The van der Waals surface area contributed by atoms with Crippen molar-refractivity contribution in [2.75, 3.05) is 31.0 Å². The maximum absolute atomic E-state index is 14.0. The molecule has 1 aliphatic heterocycles. The summed E-state index contributed by atoms with van der Waals surface area (Å²) in [4.78, 5) is 9.66. The van der Waals surface area contributed by atoms with Crippen molar-refractivity contribution < 1.29 is 26.8 Å². The van der Waals surface area contributed by atoms with Gasteiger partial charge >= 0.3 is 0 Å². The van der Waals surface area contributed by atoms with Crippen molar-refractivity contribution in [3.63, 3.8) is 0 Å². The molecule has 2 aromatic heterocycles. The Morgan fingerprint density at radius 3 is 2.66 bits per heavy atom. The highest BCUT2D eigenvalue weighted by molar-refractivity contribution is 7.92. The Labute approximate surface area is 200 Å². The van der Waals surface area contributed by atoms with E-state index in [0.717, 1.165) is 34.6 Å². The summed E-state index contributed by atoms with van der Waals surface area (Å²) in [6.45, 7) is 3.00. The maximum atomic E-state index is 14.0. The third-order valence-electron chi connectivity index (χ3n) is 5.58. The number of imidazole rings is 1. The van der Waals surface area contributed by atoms with Gasteiger partial charge in [-0.1, -0.05) is 12.1 Å². The van der Waals surface area contributed by atoms with Crippen molar-refractivity contribution in [2.45, 2.75) is 11.5 Å². The molecule has 8 nitrogen and oxygen atoms in total. The second kappa shape index (κ2) is 9.70. The van der Waals surface area contributed by atoms with Gasteiger partial charge in [0.1, 0.15) is 28.8 Å². The van der Waals surface area contributed by atoms with Gasteiger partial charge in [-0.3, -0.25) is 9.56 Å². The summed E-state index contributed by atoms with van der Waals surface area (Å²) >= 11 is 0. The van der Waals surface area contributed by atoms with E-state index in [4.69, 9.17) is 9.57 Å². The molecule has 35 heavy (non-hydrogen) atoms. The van der Waals surface area contributed by atoms with Crippen molar-refractivity contribution in [1.29, 1.82) is 0 Å². The van der Waals surface area contributed by atoms with Crippen LogP contribution in [0.2, 0.25) is 0 Å². The second-order valence-electron chi connectivity index (χ2n) is 7.97. The fourth-order valence-corrected chi connectivity index (χ4v) is 4.92. The van der Waals surface area contributed by atoms with Crippen molar-refractivity contribution in [3.8, 4) is 11.1 Å². The first-order valence-electron chi connectivity index (χ1n) is 10.9. The Hall–Kier alpha value is -3.38. The van der Waals surface area contributed by atoms with Crippen LogP contribution in [-0.4, -0.2) is 49.2 Å². The topological polar surface area (TPSA) is 85.2 Å². The molecule has 1 aliphatic rings. The summed E-state index contributed by atoms with van der Waals surface area (Å²) in [7, 11) is -4.25. The molecule has 0 radical (unpaired) electrons. The highest BCUT2D eigenvalue weighted by Gasteiger charge is 2.20. The number of rotatable bonds is 7. The minimum absolute atomic E-state index is 0.243. The van der Waals surface area contributed by atoms with Gasteiger partial charge < -0.3 is 9.14 Å². The first-order chi connectivity index (χ1) is 16.9. The van der Waals surface area contributed by atoms with Crippen molar-refractivity contribution in [2.24, 2.45) is 0 Å². The third-order valence-corrected chi connectivity index (χ3v) is 6.99. The number of ether oxygens (including phenoxy) is 1. The molecule has 4 aromatic rings. The molecule has 0 spiro atoms. The lowest BCUT2D eigenvalue weighted by Gasteiger charge is -2.25. The largest absolute Gasteiger partial charge is 0.379 e. The number of benzene rings is 2. The zero-order chi connectivity index (χ0) is 24.4. The number of halogens is 2. The number of fused-ring (bicyclic) bond motifs is 1. The number of sulfonamides is 1. The van der Waals surface area contributed by atoms with E-state index in [0.29, 0.717) is 39.0 Å². The smallest absolute Gasteiger partial charge is 0.264 e. The molecular formula is C24H22F2N4O4S. The van der Waals surface area contributed by atoms with Gasteiger partial charge in [0, 0.05) is 31.0 Å². The molecule has 182 valence electrons. The predicted octanol–water partition coefficient (Wildman–Crippen LogP) is 3.84. The van der Waals surface area contributed by atoms with Crippen LogP contribution in [0.3, 0.4) is 0 Å². The number of hydrogen-bond donors (Lipinski definition) is 1. The van der Waals surface area contributed by atoms with Crippen LogP contribution < -0.4 is 4.72 Å². The zero-order valence-electron chi connectivity index (χ0n) is 18.5. The average molecular weight is 501 g/mol. The van der Waals surface area contributed by atoms with Crippen LogP contribution >= 0.6 is 0 Å². The number of aromatic nitrogens is 2. The molecule has 0 atom stereocenters. The SMILES string of the molecule is O=S(=O)(Nc1cccc(-c2ccc3ncc(CON4CCOCC4)n3c2)c1)c1ccc(F)cc1F. The number of pyridine rings is 1. The lowest BCUT2D eigenvalue weighted by Crippen LogP contribution is -2.36. The highest BCUT2D eigenvalue weighted by atomic mass is 32.2. The Kier molecular flexibility index (Phi) is 6.48. The monoisotopic (exact) mass is 500 g/mol. The Morgan fingerprint density at radius 1 is 1.03 bits per heavy atom. The molecule has 2 aromatic carbocycles. The Bertz CT molecular complexity index is 1470. The van der Waals surface area contributed by atoms with E-state index in [1.165, 1.54) is 0 Å². The molecular weight excluding hydrogens is 478 g/mol. The van der Waals surface area contributed by atoms with E-state index < -0.39 is 26.6 Å². The second-order valence-corrected chi connectivity index (χ2v) is 9.62. The van der Waals surface area contributed by atoms with Crippen molar-refractivity contribution >= 4 is 21.4 Å². The van der Waals surface area contributed by atoms with Gasteiger partial charge in [-0.15, -0.1) is 0 Å². The van der Waals surface area contributed by atoms with E-state index in [1.54, 1.807) is 24.4 Å². The first kappa shape index (κ1) is 23.4. The summed E-state index contributed by atoms with van der Waals surface area (Å²) < 4.78 is 62.2. The van der Waals surface area contributed by atoms with Crippen LogP contribution in [0.15, 0.2) is 71.9 Å². The summed E-state index contributed by atoms with van der Waals surface area (Å²) in [6.07, 6.45) is 3.65. The number of hydroxylamine groups is 2. The van der Waals surface area contributed by atoms with Gasteiger partial charge in [0.05, 0.1) is 25.1 Å². The average Bonchev–Trinajstić information content (AvgIpc) is 3.25. The fraction of sp³-hybridized carbons (Fsp3) is 0.208. The number of nitrogens with zero attached hydrogens (tertiary/aromatic N) is 3. The standard InChI is InChI=1S/C24H22F2N4O4S/c25-19-5-6-23(22(26)13-19)35(31,32)28-20-3-1-2-17(12-20)18-4-7-24-27-14-21(30(24)15-18)16-34-29-8-10-33-11-9-29/h1-7,12-15,28H,8-11,16H2. The molecule has 0 amide bonds. The van der Waals surface area contributed by atoms with E-state index in [1.807, 2.05) is 33.9 Å². The molecule has 0 aliphatic carbocycles. The molecule has 11 heteroatoms. The molecule has 5 rings (SSSR count). The summed E-state index contributed by atoms with van der Waals surface area (Å²) in [5.41, 5.74) is 3.40. The number of hydrogen-bond acceptors (Lipinski definition) is 6. The lowest BCUT2D eigenvalue weighted by molar-refractivity contribution is -0.203. The van der Waals surface area contributed by atoms with Crippen molar-refractivity contribution in [3.05, 3.63) is 84.3 Å². The molecule has 0 unspecified atom stereocenters. The van der Waals surface area contributed by atoms with Crippen LogP contribution in [-0.2, 0) is 26.2 Å². The lowest BCUT2D eigenvalue weighted by atomic mass is 10.1. The minimum atomic E-state index is -4.25. The summed E-state index contributed by atoms with van der Waals surface area (Å²) in [6, 6.07) is 12.8. The van der Waals surface area contributed by atoms with Gasteiger partial charge in [0.2, 0.25) is 0 Å². The van der Waals surface area contributed by atoms with Crippen LogP contribution in [0, 0.1) is 11.6 Å². The van der Waals surface area contributed by atoms with Gasteiger partial charge in [0.15, 0.2) is 0 Å². The van der Waals surface area contributed by atoms with Gasteiger partial charge in [-0.2, -0.15) is 5.06 Å². The number of morpholine rings is 1. The molecule has 1 N–H and O–H groups in total. The van der Waals surface area contributed by atoms with E-state index in [2.05, 4.69) is 9.71 Å². The molecule has 1 saturated heterocycles. The van der Waals surface area contributed by atoms with E-state index >= 15 is 0 Å². The zero-order valence-corrected chi connectivity index (χ0v) is 19.3. The highest BCUT2D eigenvalue weighted by Crippen LogP contribution is 2.26. The van der Waals surface area contributed by atoms with Crippen LogP contribution in [0.4, 0.5) is 14.5 Å². The predicted molar refractivity (Wildman–Crippen MR) is 125 cm³/mol. The molecule has 0 bridgehead atoms. The summed E-state index contributed by atoms with van der Waals surface area (Å²) in [5, 5.41) is 1.87. The summed E-state index contributed by atoms with van der Waals surface area (Å²) in [5.74, 6) is -2.01. The number of anilines is 1. The van der Waals surface area contributed by atoms with Crippen LogP contribution in [0.25, 0.3) is 16.8 Å². The Balaban J connectivity index is 1.38. The van der Waals surface area contributed by atoms with Crippen molar-refractivity contribution in [1.82, 2.24) is 14.4 Å². The molecule has 3 heterocycles. The minimum Gasteiger partial charge on any atom is -0.379 e. The first-order valence-corrected chi connectivity index (χ1v) is 12.4. The van der Waals surface area contributed by atoms with Gasteiger partial charge in [-0.25, -0.2) is 22.2 Å². The number of nitrogens with one attached hydrogen (secondary N) is 1. The molecule has 1 fully saturated rings. The molecule has 0 saturated carbocycles. The van der Waals surface area contributed by atoms with E-state index in [-0.39, 0.29) is 5.69 Å². The Morgan fingerprint density at radius 2 is 1.86 bits per heavy atom. The quantitative estimate of drug-likeness (QED) is 0.415. The van der Waals surface area contributed by atoms with Gasteiger partial charge in [-0.05, 0) is 47.5 Å². The van der Waals surface area contributed by atoms with Crippen LogP contribution in [0.1, 0.15) is 5.69 Å². The fourth-order valence-electron chi connectivity index (χ4n) is 3.81. The van der Waals surface area contributed by atoms with E-state index in [9.17, 15) is 17.2 Å². The normalized spacial score (nSPS) is 14.9. The maximum Gasteiger partial charge on any atom is 0.264 e. The van der Waals surface area contributed by atoms with Gasteiger partial charge in [0.25, 0.3) is 10.0 Å². The van der Waals surface area contributed by atoms with Crippen LogP contribution in [0.5, 0.6) is 0 Å².